The van der Waals surface area contributed by atoms with Gasteiger partial charge in [-0.05, 0) is 59.5 Å². The van der Waals surface area contributed by atoms with Crippen molar-refractivity contribution in [2.75, 3.05) is 12.4 Å². The number of pyridine rings is 1. The van der Waals surface area contributed by atoms with Gasteiger partial charge in [0.05, 0.1) is 13.0 Å². The van der Waals surface area contributed by atoms with Crippen LogP contribution in [-0.4, -0.2) is 29.5 Å². The number of hydrogen-bond acceptors (Lipinski definition) is 5. The minimum absolute atomic E-state index is 0.0663. The summed E-state index contributed by atoms with van der Waals surface area (Å²) in [5, 5.41) is 12.3. The Balaban J connectivity index is 1.44. The van der Waals surface area contributed by atoms with Crippen LogP contribution in [0.15, 0.2) is 60.8 Å². The molecule has 172 valence electrons. The second kappa shape index (κ2) is 9.01. The van der Waals surface area contributed by atoms with E-state index in [1.807, 2.05) is 24.3 Å². The number of anilines is 1. The minimum Gasteiger partial charge on any atom is -0.496 e. The summed E-state index contributed by atoms with van der Waals surface area (Å²) in [5.41, 5.74) is 3.21. The standard InChI is InChI=1S/C24H21F3N2O4/c1-32-21-7-5-15(10-19(21)18-11-20(18)23(30)31)16-6-8-22(29-13-16)28-12-14-3-2-4-17(9-14)33-24(25,26)27/h2-10,13,18,20H,11-12H2,1H3,(H,28,29)(H,30,31). The van der Waals surface area contributed by atoms with Crippen LogP contribution in [0.1, 0.15) is 23.5 Å². The Labute approximate surface area is 188 Å². The fraction of sp³-hybridized carbons (Fsp3) is 0.250. The number of methoxy groups -OCH3 is 1. The predicted octanol–water partition coefficient (Wildman–Crippen LogP) is 5.46. The van der Waals surface area contributed by atoms with E-state index in [-0.39, 0.29) is 24.1 Å². The van der Waals surface area contributed by atoms with Crippen LogP contribution in [0, 0.1) is 5.92 Å². The zero-order chi connectivity index (χ0) is 23.6. The summed E-state index contributed by atoms with van der Waals surface area (Å²) >= 11 is 0. The van der Waals surface area contributed by atoms with Gasteiger partial charge < -0.3 is 19.9 Å². The third-order valence-corrected chi connectivity index (χ3v) is 5.44. The van der Waals surface area contributed by atoms with E-state index in [1.54, 1.807) is 25.4 Å². The van der Waals surface area contributed by atoms with E-state index in [1.165, 1.54) is 18.2 Å². The summed E-state index contributed by atoms with van der Waals surface area (Å²) in [6.45, 7) is 0.270. The number of aromatic nitrogens is 1. The van der Waals surface area contributed by atoms with Crippen LogP contribution in [0.3, 0.4) is 0 Å². The monoisotopic (exact) mass is 458 g/mol. The molecule has 1 fully saturated rings. The number of alkyl halides is 3. The van der Waals surface area contributed by atoms with Gasteiger partial charge in [-0.25, -0.2) is 4.98 Å². The van der Waals surface area contributed by atoms with Crippen LogP contribution in [0.4, 0.5) is 19.0 Å². The molecule has 2 N–H and O–H groups in total. The van der Waals surface area contributed by atoms with E-state index in [0.29, 0.717) is 23.6 Å². The van der Waals surface area contributed by atoms with Crippen LogP contribution in [0.5, 0.6) is 11.5 Å². The van der Waals surface area contributed by atoms with E-state index in [0.717, 1.165) is 16.7 Å². The van der Waals surface area contributed by atoms with Gasteiger partial charge in [0.15, 0.2) is 0 Å². The van der Waals surface area contributed by atoms with Crippen LogP contribution < -0.4 is 14.8 Å². The number of carboxylic acid groups (broad SMARTS) is 1. The number of carboxylic acids is 1. The van der Waals surface area contributed by atoms with Crippen LogP contribution in [0.25, 0.3) is 11.1 Å². The number of halogens is 3. The van der Waals surface area contributed by atoms with E-state index in [9.17, 15) is 23.1 Å². The molecule has 9 heteroatoms. The van der Waals surface area contributed by atoms with E-state index < -0.39 is 12.3 Å². The fourth-order valence-corrected chi connectivity index (χ4v) is 3.73. The third kappa shape index (κ3) is 5.54. The third-order valence-electron chi connectivity index (χ3n) is 5.44. The predicted molar refractivity (Wildman–Crippen MR) is 115 cm³/mol. The summed E-state index contributed by atoms with van der Waals surface area (Å²) in [7, 11) is 1.56. The molecule has 1 heterocycles. The lowest BCUT2D eigenvalue weighted by Gasteiger charge is -2.12. The Morgan fingerprint density at radius 3 is 2.58 bits per heavy atom. The number of hydrogen-bond donors (Lipinski definition) is 2. The Morgan fingerprint density at radius 1 is 1.15 bits per heavy atom. The Morgan fingerprint density at radius 2 is 1.94 bits per heavy atom. The maximum atomic E-state index is 12.4. The quantitative estimate of drug-likeness (QED) is 0.467. The van der Waals surface area contributed by atoms with Crippen LogP contribution in [-0.2, 0) is 11.3 Å². The van der Waals surface area contributed by atoms with Crippen LogP contribution >= 0.6 is 0 Å². The average molecular weight is 458 g/mol. The number of aliphatic carboxylic acids is 1. The first-order chi connectivity index (χ1) is 15.7. The van der Waals surface area contributed by atoms with Gasteiger partial charge in [-0.3, -0.25) is 4.79 Å². The van der Waals surface area contributed by atoms with Gasteiger partial charge in [0.1, 0.15) is 17.3 Å². The van der Waals surface area contributed by atoms with Gasteiger partial charge in [-0.15, -0.1) is 13.2 Å². The van der Waals surface area contributed by atoms with E-state index >= 15 is 0 Å². The van der Waals surface area contributed by atoms with Gasteiger partial charge in [0.2, 0.25) is 0 Å². The number of nitrogens with one attached hydrogen (secondary N) is 1. The highest BCUT2D eigenvalue weighted by Gasteiger charge is 2.45. The summed E-state index contributed by atoms with van der Waals surface area (Å²) in [5.74, 6) is -0.318. The lowest BCUT2D eigenvalue weighted by molar-refractivity contribution is -0.274. The van der Waals surface area contributed by atoms with Crippen molar-refractivity contribution >= 4 is 11.8 Å². The summed E-state index contributed by atoms with van der Waals surface area (Å²) in [4.78, 5) is 15.6. The molecule has 1 aromatic heterocycles. The molecule has 0 bridgehead atoms. The first-order valence-electron chi connectivity index (χ1n) is 10.2. The first-order valence-corrected chi connectivity index (χ1v) is 10.2. The largest absolute Gasteiger partial charge is 0.573 e. The lowest BCUT2D eigenvalue weighted by atomic mass is 10.0. The van der Waals surface area contributed by atoms with Crippen molar-refractivity contribution in [2.24, 2.45) is 5.92 Å². The van der Waals surface area contributed by atoms with Crippen molar-refractivity contribution in [1.82, 2.24) is 4.98 Å². The van der Waals surface area contributed by atoms with E-state index in [2.05, 4.69) is 15.0 Å². The molecule has 2 atom stereocenters. The molecule has 1 aliphatic rings. The van der Waals surface area contributed by atoms with E-state index in [4.69, 9.17) is 4.74 Å². The van der Waals surface area contributed by atoms with Gasteiger partial charge >= 0.3 is 12.3 Å². The number of benzene rings is 2. The smallest absolute Gasteiger partial charge is 0.496 e. The Kier molecular flexibility index (Phi) is 6.13. The number of rotatable bonds is 8. The topological polar surface area (TPSA) is 80.7 Å². The molecule has 1 aliphatic carbocycles. The molecule has 6 nitrogen and oxygen atoms in total. The molecule has 0 saturated heterocycles. The molecule has 2 aromatic carbocycles. The molecule has 3 aromatic rings. The normalized spacial score (nSPS) is 17.3. The SMILES string of the molecule is COc1ccc(-c2ccc(NCc3cccc(OC(F)(F)F)c3)nc2)cc1C1CC1C(=O)O. The summed E-state index contributed by atoms with van der Waals surface area (Å²) < 4.78 is 46.5. The maximum Gasteiger partial charge on any atom is 0.573 e. The highest BCUT2D eigenvalue weighted by molar-refractivity contribution is 5.76. The van der Waals surface area contributed by atoms with Crippen molar-refractivity contribution < 1.29 is 32.5 Å². The van der Waals surface area contributed by atoms with Crippen molar-refractivity contribution in [3.8, 4) is 22.6 Å². The van der Waals surface area contributed by atoms with Crippen LogP contribution in [0.2, 0.25) is 0 Å². The highest BCUT2D eigenvalue weighted by Crippen LogP contribution is 2.51. The minimum atomic E-state index is -4.74. The molecular formula is C24H21F3N2O4. The average Bonchev–Trinajstić information content (AvgIpc) is 3.58. The number of carbonyl (C=O) groups is 1. The fourth-order valence-electron chi connectivity index (χ4n) is 3.73. The molecular weight excluding hydrogens is 437 g/mol. The maximum absolute atomic E-state index is 12.4. The number of nitrogens with zero attached hydrogens (tertiary/aromatic N) is 1. The zero-order valence-electron chi connectivity index (χ0n) is 17.6. The lowest BCUT2D eigenvalue weighted by Crippen LogP contribution is -2.17. The van der Waals surface area contributed by atoms with Crippen molar-refractivity contribution in [1.29, 1.82) is 0 Å². The number of ether oxygens (including phenoxy) is 2. The summed E-state index contributed by atoms with van der Waals surface area (Å²) in [6, 6.07) is 15.0. The molecule has 4 rings (SSSR count). The molecule has 0 spiro atoms. The van der Waals surface area contributed by atoms with Crippen molar-refractivity contribution in [3.63, 3.8) is 0 Å². The molecule has 1 saturated carbocycles. The summed E-state index contributed by atoms with van der Waals surface area (Å²) in [6.07, 6.45) is -2.47. The highest BCUT2D eigenvalue weighted by atomic mass is 19.4. The van der Waals surface area contributed by atoms with Crippen molar-refractivity contribution in [3.05, 3.63) is 71.9 Å². The second-order valence-corrected chi connectivity index (χ2v) is 7.72. The van der Waals surface area contributed by atoms with Gasteiger partial charge in [-0.2, -0.15) is 0 Å². The molecule has 0 radical (unpaired) electrons. The Hall–Kier alpha value is -3.75. The molecule has 2 unspecified atom stereocenters. The zero-order valence-corrected chi connectivity index (χ0v) is 17.6. The van der Waals surface area contributed by atoms with Gasteiger partial charge in [0.25, 0.3) is 0 Å². The second-order valence-electron chi connectivity index (χ2n) is 7.72. The van der Waals surface area contributed by atoms with Crippen molar-refractivity contribution in [2.45, 2.75) is 25.2 Å². The van der Waals surface area contributed by atoms with Gasteiger partial charge in [-0.1, -0.05) is 18.2 Å². The molecule has 0 aliphatic heterocycles. The first kappa shape index (κ1) is 22.4. The molecule has 33 heavy (non-hydrogen) atoms. The van der Waals surface area contributed by atoms with Gasteiger partial charge in [0, 0.05) is 24.2 Å². The Bertz CT molecular complexity index is 1150. The molecule has 0 amide bonds.